The number of unbranched alkanes of at least 4 members (excludes halogenated alkanes) is 4. The Kier molecular flexibility index (Phi) is 43.6. The van der Waals surface area contributed by atoms with Crippen molar-refractivity contribution in [2.24, 2.45) is 27.4 Å². The minimum absolute atomic E-state index is 0. The number of nitrogens with two attached hydrogens (primary N) is 2. The molecule has 1 aliphatic rings. The molecule has 34 heavy (non-hydrogen) atoms. The Hall–Kier alpha value is 0.380. The number of aliphatic imine (C=N–C) groups is 2. The summed E-state index contributed by atoms with van der Waals surface area (Å²) in [5.41, 5.74) is 11.5. The van der Waals surface area contributed by atoms with Crippen LogP contribution in [0.25, 0.3) is 0 Å². The van der Waals surface area contributed by atoms with Crippen molar-refractivity contribution >= 4 is 79.8 Å². The van der Waals surface area contributed by atoms with E-state index in [-0.39, 0.29) is 75.4 Å². The van der Waals surface area contributed by atoms with E-state index in [0.29, 0.717) is 11.9 Å². The van der Waals surface area contributed by atoms with Crippen LogP contribution in [0.5, 0.6) is 0 Å². The molecule has 8 nitrogen and oxygen atoms in total. The lowest BCUT2D eigenvalue weighted by Gasteiger charge is -2.07. The summed E-state index contributed by atoms with van der Waals surface area (Å²) in [4.78, 5) is 8.61. The van der Waals surface area contributed by atoms with Crippen molar-refractivity contribution in [2.75, 3.05) is 52.4 Å². The second kappa shape index (κ2) is 33.4. The summed E-state index contributed by atoms with van der Waals surface area (Å²) < 4.78 is 0. The molecule has 1 aliphatic carbocycles. The lowest BCUT2D eigenvalue weighted by Crippen LogP contribution is -2.34. The SMILES string of the molecule is Br.Br.Br.Br.C.CCNC(N)=NCCCNCCCCCCCNCCCNC(N)=NCC1CC1. The van der Waals surface area contributed by atoms with E-state index in [2.05, 4.69) is 31.3 Å². The largest absolute Gasteiger partial charge is 0.370 e. The van der Waals surface area contributed by atoms with Gasteiger partial charge in [0.2, 0.25) is 0 Å². The zero-order chi connectivity index (χ0) is 21.0. The predicted octanol–water partition coefficient (Wildman–Crippen LogP) is 4.08. The average molecular weight is 750 g/mol. The first kappa shape index (κ1) is 44.4. The monoisotopic (exact) mass is 746 g/mol. The fraction of sp³-hybridized carbons (Fsp3) is 0.909. The van der Waals surface area contributed by atoms with Crippen LogP contribution in [0, 0.1) is 5.92 Å². The van der Waals surface area contributed by atoms with Crippen molar-refractivity contribution in [1.82, 2.24) is 21.3 Å². The third-order valence-corrected chi connectivity index (χ3v) is 4.91. The van der Waals surface area contributed by atoms with Gasteiger partial charge >= 0.3 is 0 Å². The first-order chi connectivity index (χ1) is 14.2. The molecule has 12 heteroatoms. The summed E-state index contributed by atoms with van der Waals surface area (Å²) in [6, 6.07) is 0. The summed E-state index contributed by atoms with van der Waals surface area (Å²) >= 11 is 0. The van der Waals surface area contributed by atoms with Gasteiger partial charge in [0, 0.05) is 26.2 Å². The Morgan fingerprint density at radius 3 is 1.74 bits per heavy atom. The van der Waals surface area contributed by atoms with Gasteiger partial charge in [0.1, 0.15) is 0 Å². The van der Waals surface area contributed by atoms with Gasteiger partial charge in [0.25, 0.3) is 0 Å². The quantitative estimate of drug-likeness (QED) is 0.0673. The lowest BCUT2D eigenvalue weighted by molar-refractivity contribution is 0.548. The topological polar surface area (TPSA) is 125 Å². The molecule has 210 valence electrons. The Balaban J connectivity index is -0.000000561. The van der Waals surface area contributed by atoms with Gasteiger partial charge in [-0.15, -0.1) is 67.9 Å². The summed E-state index contributed by atoms with van der Waals surface area (Å²) in [6.45, 7) is 9.69. The second-order valence-corrected chi connectivity index (χ2v) is 7.87. The van der Waals surface area contributed by atoms with Crippen molar-refractivity contribution in [1.29, 1.82) is 0 Å². The fourth-order valence-corrected chi connectivity index (χ4v) is 2.93. The summed E-state index contributed by atoms with van der Waals surface area (Å²) in [5, 5.41) is 13.2. The summed E-state index contributed by atoms with van der Waals surface area (Å²) in [7, 11) is 0. The van der Waals surface area contributed by atoms with Gasteiger partial charge in [-0.1, -0.05) is 26.7 Å². The number of halogens is 4. The highest BCUT2D eigenvalue weighted by Gasteiger charge is 2.20. The number of guanidine groups is 2. The molecule has 0 bridgehead atoms. The molecular weight excluding hydrogens is 696 g/mol. The van der Waals surface area contributed by atoms with Gasteiger partial charge in [-0.25, -0.2) is 0 Å². The molecule has 0 atom stereocenters. The minimum Gasteiger partial charge on any atom is -0.370 e. The minimum atomic E-state index is 0. The van der Waals surface area contributed by atoms with E-state index in [9.17, 15) is 0 Å². The van der Waals surface area contributed by atoms with E-state index in [4.69, 9.17) is 11.5 Å². The fourth-order valence-electron chi connectivity index (χ4n) is 2.93. The number of rotatable bonds is 19. The average Bonchev–Trinajstić information content (AvgIpc) is 3.53. The molecule has 1 saturated carbocycles. The van der Waals surface area contributed by atoms with Gasteiger partial charge < -0.3 is 32.7 Å². The molecule has 1 fully saturated rings. The second-order valence-electron chi connectivity index (χ2n) is 7.87. The highest BCUT2D eigenvalue weighted by molar-refractivity contribution is 8.93. The number of nitrogens with one attached hydrogen (secondary N) is 4. The smallest absolute Gasteiger partial charge is 0.188 e. The van der Waals surface area contributed by atoms with Crippen LogP contribution in [0.2, 0.25) is 0 Å². The van der Waals surface area contributed by atoms with Gasteiger partial charge in [0.05, 0.1) is 0 Å². The van der Waals surface area contributed by atoms with Gasteiger partial charge in [0.15, 0.2) is 11.9 Å². The van der Waals surface area contributed by atoms with E-state index < -0.39 is 0 Å². The van der Waals surface area contributed by atoms with Crippen LogP contribution in [0.3, 0.4) is 0 Å². The molecular formula is C22H54Br4N8. The molecule has 0 amide bonds. The van der Waals surface area contributed by atoms with Crippen LogP contribution in [0.4, 0.5) is 0 Å². The van der Waals surface area contributed by atoms with Crippen molar-refractivity contribution in [3.05, 3.63) is 0 Å². The van der Waals surface area contributed by atoms with Crippen LogP contribution >= 0.6 is 67.9 Å². The van der Waals surface area contributed by atoms with Gasteiger partial charge in [-0.05, 0) is 77.5 Å². The summed E-state index contributed by atoms with van der Waals surface area (Å²) in [6.07, 6.45) is 11.2. The Morgan fingerprint density at radius 2 is 1.18 bits per heavy atom. The molecule has 1 rings (SSSR count). The van der Waals surface area contributed by atoms with Crippen LogP contribution in [0.1, 0.15) is 72.1 Å². The van der Waals surface area contributed by atoms with Gasteiger partial charge in [-0.2, -0.15) is 0 Å². The lowest BCUT2D eigenvalue weighted by atomic mass is 10.1. The Bertz CT molecular complexity index is 453. The van der Waals surface area contributed by atoms with Crippen molar-refractivity contribution in [3.63, 3.8) is 0 Å². The first-order valence-corrected chi connectivity index (χ1v) is 11.7. The number of nitrogens with zero attached hydrogens (tertiary/aromatic N) is 2. The Labute approximate surface area is 251 Å². The molecule has 0 aromatic carbocycles. The van der Waals surface area contributed by atoms with E-state index in [1.54, 1.807) is 0 Å². The highest BCUT2D eigenvalue weighted by Crippen LogP contribution is 2.28. The normalized spacial score (nSPS) is 12.7. The Morgan fingerprint density at radius 1 is 0.676 bits per heavy atom. The van der Waals surface area contributed by atoms with Crippen LogP contribution in [-0.4, -0.2) is 64.3 Å². The summed E-state index contributed by atoms with van der Waals surface area (Å²) in [5.74, 6) is 1.96. The molecule has 0 aliphatic heterocycles. The predicted molar refractivity (Wildman–Crippen MR) is 173 cm³/mol. The number of hydrogen-bond donors (Lipinski definition) is 6. The number of hydrogen-bond acceptors (Lipinski definition) is 4. The highest BCUT2D eigenvalue weighted by atomic mass is 79.9. The molecule has 0 radical (unpaired) electrons. The maximum absolute atomic E-state index is 5.83. The third kappa shape index (κ3) is 32.4. The van der Waals surface area contributed by atoms with E-state index >= 15 is 0 Å². The van der Waals surface area contributed by atoms with Crippen LogP contribution < -0.4 is 32.7 Å². The van der Waals surface area contributed by atoms with Crippen molar-refractivity contribution in [3.8, 4) is 0 Å². The standard InChI is InChI=1S/C21H46N8.CH4.4BrH/c1-2-26-20(22)27-16-8-14-24-12-6-4-3-5-7-13-25-15-9-17-28-21(23)29-18-19-10-11-19;;;;;/h19,24-25H,2-18H2,1H3,(H3,22,26,27)(H3,23,28,29);1H4;4*1H. The molecule has 0 heterocycles. The zero-order valence-electron chi connectivity index (χ0n) is 20.3. The zero-order valence-corrected chi connectivity index (χ0v) is 27.1. The van der Waals surface area contributed by atoms with E-state index in [1.807, 2.05) is 6.92 Å². The van der Waals surface area contributed by atoms with Crippen LogP contribution in [-0.2, 0) is 0 Å². The molecule has 0 aromatic rings. The molecule has 0 aromatic heterocycles. The molecule has 8 N–H and O–H groups in total. The van der Waals surface area contributed by atoms with E-state index in [1.165, 1.54) is 44.9 Å². The molecule has 0 spiro atoms. The maximum atomic E-state index is 5.83. The van der Waals surface area contributed by atoms with Gasteiger partial charge in [-0.3, -0.25) is 9.98 Å². The van der Waals surface area contributed by atoms with Crippen molar-refractivity contribution in [2.45, 2.75) is 72.1 Å². The molecule has 0 saturated heterocycles. The van der Waals surface area contributed by atoms with E-state index in [0.717, 1.165) is 71.1 Å². The molecule has 0 unspecified atom stereocenters. The van der Waals surface area contributed by atoms with Crippen LogP contribution in [0.15, 0.2) is 9.98 Å². The maximum Gasteiger partial charge on any atom is 0.188 e. The third-order valence-electron chi connectivity index (χ3n) is 4.91. The first-order valence-electron chi connectivity index (χ1n) is 11.7. The van der Waals surface area contributed by atoms with Crippen molar-refractivity contribution < 1.29 is 0 Å².